The van der Waals surface area contributed by atoms with Crippen molar-refractivity contribution in [1.29, 1.82) is 0 Å². The molecule has 0 aromatic heterocycles. The van der Waals surface area contributed by atoms with Crippen molar-refractivity contribution in [3.05, 3.63) is 29.8 Å². The van der Waals surface area contributed by atoms with Crippen molar-refractivity contribution in [2.24, 2.45) is 0 Å². The predicted octanol–water partition coefficient (Wildman–Crippen LogP) is 2.35. The first-order valence-corrected chi connectivity index (χ1v) is 5.68. The monoisotopic (exact) mass is 282 g/mol. The molecule has 18 heavy (non-hydrogen) atoms. The van der Waals surface area contributed by atoms with E-state index in [0.717, 1.165) is 0 Å². The predicted molar refractivity (Wildman–Crippen MR) is 55.7 cm³/mol. The molecule has 0 saturated carbocycles. The number of halogens is 3. The standard InChI is InChI=1S/C9H7F3NO4P/c10-9(11,12)8(14)13-7-3-1-6(2-4-7)5-17-18(15)16/h1-4H,5H2,(H-,13,14,15,16)/p+1. The first-order chi connectivity index (χ1) is 8.29. The lowest BCUT2D eigenvalue weighted by Crippen LogP contribution is -2.29. The number of alkyl halides is 3. The van der Waals surface area contributed by atoms with Crippen LogP contribution in [-0.4, -0.2) is 17.0 Å². The van der Waals surface area contributed by atoms with Crippen LogP contribution in [0.15, 0.2) is 24.3 Å². The van der Waals surface area contributed by atoms with Crippen LogP contribution in [0.2, 0.25) is 0 Å². The molecule has 9 heteroatoms. The highest BCUT2D eigenvalue weighted by Gasteiger charge is 2.38. The number of rotatable bonds is 4. The zero-order valence-corrected chi connectivity index (χ0v) is 9.66. The van der Waals surface area contributed by atoms with E-state index >= 15 is 0 Å². The van der Waals surface area contributed by atoms with Gasteiger partial charge in [-0.25, -0.2) is 0 Å². The van der Waals surface area contributed by atoms with Crippen molar-refractivity contribution >= 4 is 19.8 Å². The van der Waals surface area contributed by atoms with Crippen molar-refractivity contribution in [2.45, 2.75) is 12.8 Å². The Morgan fingerprint density at radius 1 is 1.33 bits per heavy atom. The van der Waals surface area contributed by atoms with Crippen LogP contribution in [0, 0.1) is 0 Å². The average Bonchev–Trinajstić information content (AvgIpc) is 2.26. The van der Waals surface area contributed by atoms with E-state index in [4.69, 9.17) is 4.89 Å². The number of carbonyl (C=O) groups excluding carboxylic acids is 1. The molecule has 1 amide bonds. The summed E-state index contributed by atoms with van der Waals surface area (Å²) in [5.74, 6) is -2.06. The number of carbonyl (C=O) groups is 1. The maximum absolute atomic E-state index is 11.9. The Bertz CT molecular complexity index is 446. The Kier molecular flexibility index (Phi) is 4.77. The molecule has 0 aliphatic heterocycles. The molecule has 1 aromatic carbocycles. The zero-order chi connectivity index (χ0) is 13.8. The molecule has 98 valence electrons. The molecule has 0 bridgehead atoms. The molecule has 0 aliphatic rings. The van der Waals surface area contributed by atoms with Crippen molar-refractivity contribution < 1.29 is 31.9 Å². The first-order valence-electron chi connectivity index (χ1n) is 4.55. The van der Waals surface area contributed by atoms with E-state index in [2.05, 4.69) is 4.52 Å². The Morgan fingerprint density at radius 2 is 1.89 bits per heavy atom. The summed E-state index contributed by atoms with van der Waals surface area (Å²) in [7, 11) is -2.73. The highest BCUT2D eigenvalue weighted by Crippen LogP contribution is 2.20. The SMILES string of the molecule is O=C(Nc1ccc(CO[P+](=O)O)cc1)C(F)(F)F. The minimum absolute atomic E-state index is 0.0329. The third-order valence-electron chi connectivity index (χ3n) is 1.81. The van der Waals surface area contributed by atoms with Gasteiger partial charge < -0.3 is 5.32 Å². The van der Waals surface area contributed by atoms with E-state index in [1.165, 1.54) is 24.3 Å². The van der Waals surface area contributed by atoms with E-state index < -0.39 is 20.3 Å². The summed E-state index contributed by atoms with van der Waals surface area (Å²) >= 11 is 0. The van der Waals surface area contributed by atoms with E-state index in [0.29, 0.717) is 5.56 Å². The second kappa shape index (κ2) is 5.90. The number of hydrogen-bond donors (Lipinski definition) is 2. The van der Waals surface area contributed by atoms with E-state index in [-0.39, 0.29) is 12.3 Å². The zero-order valence-electron chi connectivity index (χ0n) is 8.77. The van der Waals surface area contributed by atoms with Crippen molar-refractivity contribution in [3.63, 3.8) is 0 Å². The molecule has 0 aliphatic carbocycles. The van der Waals surface area contributed by atoms with Crippen LogP contribution in [0.25, 0.3) is 0 Å². The van der Waals surface area contributed by atoms with Crippen LogP contribution in [0.4, 0.5) is 18.9 Å². The van der Waals surface area contributed by atoms with Crippen molar-refractivity contribution in [2.75, 3.05) is 5.32 Å². The molecule has 1 aromatic rings. The number of nitrogens with one attached hydrogen (secondary N) is 1. The lowest BCUT2D eigenvalue weighted by atomic mass is 10.2. The highest BCUT2D eigenvalue weighted by molar-refractivity contribution is 7.32. The van der Waals surface area contributed by atoms with Gasteiger partial charge in [0.2, 0.25) is 0 Å². The van der Waals surface area contributed by atoms with Crippen LogP contribution in [0.5, 0.6) is 0 Å². The summed E-state index contributed by atoms with van der Waals surface area (Å²) in [6, 6.07) is 5.19. The van der Waals surface area contributed by atoms with Gasteiger partial charge >= 0.3 is 20.3 Å². The van der Waals surface area contributed by atoms with Gasteiger partial charge in [-0.3, -0.25) is 4.79 Å². The number of hydrogen-bond acceptors (Lipinski definition) is 3. The van der Waals surface area contributed by atoms with Crippen LogP contribution in [0.3, 0.4) is 0 Å². The third kappa shape index (κ3) is 4.79. The second-order valence-electron chi connectivity index (χ2n) is 3.16. The molecule has 1 rings (SSSR count). The normalized spacial score (nSPS) is 12.1. The number of benzene rings is 1. The minimum atomic E-state index is -4.95. The molecule has 2 N–H and O–H groups in total. The van der Waals surface area contributed by atoms with Gasteiger partial charge in [0.15, 0.2) is 0 Å². The molecule has 0 radical (unpaired) electrons. The van der Waals surface area contributed by atoms with Crippen LogP contribution < -0.4 is 5.32 Å². The van der Waals surface area contributed by atoms with Gasteiger partial charge in [0.1, 0.15) is 6.61 Å². The Morgan fingerprint density at radius 3 is 2.33 bits per heavy atom. The largest absolute Gasteiger partial charge is 0.695 e. The summed E-state index contributed by atoms with van der Waals surface area (Å²) < 4.78 is 50.4. The fourth-order valence-electron chi connectivity index (χ4n) is 1.02. The molecule has 0 saturated heterocycles. The van der Waals surface area contributed by atoms with Crippen molar-refractivity contribution in [3.8, 4) is 0 Å². The second-order valence-corrected chi connectivity index (χ2v) is 3.89. The van der Waals surface area contributed by atoms with E-state index in [1.807, 2.05) is 0 Å². The van der Waals surface area contributed by atoms with Gasteiger partial charge in [0.25, 0.3) is 0 Å². The molecule has 0 heterocycles. The van der Waals surface area contributed by atoms with Crippen LogP contribution in [0.1, 0.15) is 5.56 Å². The molecule has 5 nitrogen and oxygen atoms in total. The molecule has 0 spiro atoms. The average molecular weight is 282 g/mol. The van der Waals surface area contributed by atoms with Gasteiger partial charge in [0.05, 0.1) is 0 Å². The quantitative estimate of drug-likeness (QED) is 0.831. The smallest absolute Gasteiger partial charge is 0.318 e. The highest BCUT2D eigenvalue weighted by atomic mass is 31.1. The fourth-order valence-corrected chi connectivity index (χ4v) is 1.28. The molecule has 1 unspecified atom stereocenters. The van der Waals surface area contributed by atoms with Crippen LogP contribution >= 0.6 is 8.25 Å². The molecular weight excluding hydrogens is 274 g/mol. The molecular formula is C9H8F3NO4P+. The van der Waals surface area contributed by atoms with Gasteiger partial charge in [0, 0.05) is 10.3 Å². The maximum Gasteiger partial charge on any atom is 0.695 e. The third-order valence-corrected chi connectivity index (χ3v) is 2.16. The van der Waals surface area contributed by atoms with E-state index in [1.54, 1.807) is 5.32 Å². The molecule has 0 fully saturated rings. The Balaban J connectivity index is 2.60. The van der Waals surface area contributed by atoms with Gasteiger partial charge in [-0.05, 0) is 17.7 Å². The van der Waals surface area contributed by atoms with Gasteiger partial charge in [-0.2, -0.15) is 13.2 Å². The minimum Gasteiger partial charge on any atom is -0.318 e. The lowest BCUT2D eigenvalue weighted by Gasteiger charge is -2.07. The Hall–Kier alpha value is -1.50. The molecule has 1 atom stereocenters. The number of anilines is 1. The van der Waals surface area contributed by atoms with E-state index in [9.17, 15) is 22.5 Å². The summed E-state index contributed by atoms with van der Waals surface area (Å²) in [4.78, 5) is 19.0. The summed E-state index contributed by atoms with van der Waals surface area (Å²) in [5, 5.41) is 1.66. The Labute approximate surface area is 101 Å². The topological polar surface area (TPSA) is 75.6 Å². The maximum atomic E-state index is 11.9. The summed E-state index contributed by atoms with van der Waals surface area (Å²) in [6.07, 6.45) is -4.95. The van der Waals surface area contributed by atoms with Crippen LogP contribution in [-0.2, 0) is 20.5 Å². The van der Waals surface area contributed by atoms with Gasteiger partial charge in [-0.1, -0.05) is 12.1 Å². The van der Waals surface area contributed by atoms with Gasteiger partial charge in [-0.15, -0.1) is 9.42 Å². The lowest BCUT2D eigenvalue weighted by molar-refractivity contribution is -0.167. The summed E-state index contributed by atoms with van der Waals surface area (Å²) in [6.45, 7) is -0.154. The van der Waals surface area contributed by atoms with Crippen molar-refractivity contribution in [1.82, 2.24) is 0 Å². The summed E-state index contributed by atoms with van der Waals surface area (Å²) in [5.41, 5.74) is 0.451. The first kappa shape index (κ1) is 14.6. The number of amides is 1. The fraction of sp³-hybridized carbons (Fsp3) is 0.222.